The molecule has 19 heavy (non-hydrogen) atoms. The second kappa shape index (κ2) is 5.87. The number of hydrogen-bond donors (Lipinski definition) is 1. The predicted octanol–water partition coefficient (Wildman–Crippen LogP) is 2.73. The largest absolute Gasteiger partial charge is 0.507 e. The van der Waals surface area contributed by atoms with Crippen LogP contribution < -0.4 is 0 Å². The van der Waals surface area contributed by atoms with E-state index in [0.717, 1.165) is 12.0 Å². The number of ether oxygens (including phenoxy) is 1. The van der Waals surface area contributed by atoms with Crippen molar-refractivity contribution in [3.63, 3.8) is 0 Å². The summed E-state index contributed by atoms with van der Waals surface area (Å²) >= 11 is 0. The highest BCUT2D eigenvalue weighted by Crippen LogP contribution is 2.25. The van der Waals surface area contributed by atoms with Gasteiger partial charge in [0.05, 0.1) is 12.2 Å². The van der Waals surface area contributed by atoms with Crippen LogP contribution in [0.4, 0.5) is 0 Å². The van der Waals surface area contributed by atoms with Gasteiger partial charge in [0.15, 0.2) is 0 Å². The second-order valence-electron chi connectivity index (χ2n) is 5.64. The average molecular weight is 264 g/mol. The first-order valence-corrected chi connectivity index (χ1v) is 6.28. The standard InChI is InChI=1S/C15H20O4/c1-5-19-14(18)13(17)11-8-10(6-7-12(11)16)9-15(2,3)4/h6-8,16H,5,9H2,1-4H3. The first-order chi connectivity index (χ1) is 8.74. The van der Waals surface area contributed by atoms with E-state index < -0.39 is 11.8 Å². The van der Waals surface area contributed by atoms with E-state index in [-0.39, 0.29) is 23.3 Å². The summed E-state index contributed by atoms with van der Waals surface area (Å²) in [6, 6.07) is 4.75. The third-order valence-corrected chi connectivity index (χ3v) is 2.50. The fourth-order valence-corrected chi connectivity index (χ4v) is 1.79. The van der Waals surface area contributed by atoms with Crippen molar-refractivity contribution < 1.29 is 19.4 Å². The summed E-state index contributed by atoms with van der Waals surface area (Å²) in [4.78, 5) is 23.2. The van der Waals surface area contributed by atoms with Gasteiger partial charge in [0.1, 0.15) is 5.75 Å². The Labute approximate surface area is 113 Å². The molecule has 0 heterocycles. The molecule has 0 aliphatic rings. The van der Waals surface area contributed by atoms with Crippen molar-refractivity contribution in [2.75, 3.05) is 6.61 Å². The molecule has 0 bridgehead atoms. The quantitative estimate of drug-likeness (QED) is 0.516. The van der Waals surface area contributed by atoms with Crippen molar-refractivity contribution in [2.45, 2.75) is 34.1 Å². The number of hydrogen-bond acceptors (Lipinski definition) is 4. The van der Waals surface area contributed by atoms with Gasteiger partial charge in [-0.1, -0.05) is 26.8 Å². The molecule has 1 N–H and O–H groups in total. The predicted molar refractivity (Wildman–Crippen MR) is 72.2 cm³/mol. The Kier molecular flexibility index (Phi) is 4.70. The first-order valence-electron chi connectivity index (χ1n) is 6.28. The Morgan fingerprint density at radius 3 is 2.42 bits per heavy atom. The zero-order valence-electron chi connectivity index (χ0n) is 11.8. The van der Waals surface area contributed by atoms with E-state index in [4.69, 9.17) is 0 Å². The second-order valence-corrected chi connectivity index (χ2v) is 5.64. The van der Waals surface area contributed by atoms with Crippen molar-refractivity contribution in [3.05, 3.63) is 29.3 Å². The first kappa shape index (κ1) is 15.2. The van der Waals surface area contributed by atoms with Gasteiger partial charge < -0.3 is 9.84 Å². The number of ketones is 1. The van der Waals surface area contributed by atoms with Gasteiger partial charge in [0.2, 0.25) is 0 Å². The fourth-order valence-electron chi connectivity index (χ4n) is 1.79. The molecule has 0 aromatic heterocycles. The highest BCUT2D eigenvalue weighted by Gasteiger charge is 2.22. The van der Waals surface area contributed by atoms with Crippen LogP contribution in [-0.4, -0.2) is 23.5 Å². The zero-order valence-corrected chi connectivity index (χ0v) is 11.8. The van der Waals surface area contributed by atoms with Gasteiger partial charge in [0, 0.05) is 0 Å². The summed E-state index contributed by atoms with van der Waals surface area (Å²) in [6.45, 7) is 7.99. The van der Waals surface area contributed by atoms with Crippen LogP contribution in [-0.2, 0) is 16.0 Å². The lowest BCUT2D eigenvalue weighted by Crippen LogP contribution is -2.18. The van der Waals surface area contributed by atoms with Gasteiger partial charge >= 0.3 is 5.97 Å². The van der Waals surface area contributed by atoms with Crippen LogP contribution in [0.5, 0.6) is 5.75 Å². The van der Waals surface area contributed by atoms with Gasteiger partial charge in [-0.05, 0) is 36.5 Å². The Morgan fingerprint density at radius 2 is 1.89 bits per heavy atom. The molecule has 104 valence electrons. The van der Waals surface area contributed by atoms with Crippen LogP contribution in [0, 0.1) is 5.41 Å². The number of rotatable bonds is 4. The minimum absolute atomic E-state index is 0.000185. The molecule has 0 fully saturated rings. The topological polar surface area (TPSA) is 63.6 Å². The SMILES string of the molecule is CCOC(=O)C(=O)c1cc(CC(C)(C)C)ccc1O. The van der Waals surface area contributed by atoms with Gasteiger partial charge in [-0.3, -0.25) is 4.79 Å². The van der Waals surface area contributed by atoms with Crippen molar-refractivity contribution in [2.24, 2.45) is 5.41 Å². The minimum Gasteiger partial charge on any atom is -0.507 e. The van der Waals surface area contributed by atoms with Gasteiger partial charge in [-0.2, -0.15) is 0 Å². The van der Waals surface area contributed by atoms with Crippen molar-refractivity contribution in [3.8, 4) is 5.75 Å². The van der Waals surface area contributed by atoms with Gasteiger partial charge in [0.25, 0.3) is 5.78 Å². The van der Waals surface area contributed by atoms with Crippen LogP contribution in [0.25, 0.3) is 0 Å². The molecule has 0 saturated carbocycles. The molecule has 1 rings (SSSR count). The Balaban J connectivity index is 3.04. The van der Waals surface area contributed by atoms with Crippen LogP contribution in [0.3, 0.4) is 0 Å². The van der Waals surface area contributed by atoms with Crippen molar-refractivity contribution in [1.29, 1.82) is 0 Å². The van der Waals surface area contributed by atoms with Gasteiger partial charge in [-0.15, -0.1) is 0 Å². The Morgan fingerprint density at radius 1 is 1.26 bits per heavy atom. The lowest BCUT2D eigenvalue weighted by atomic mass is 9.87. The molecular weight excluding hydrogens is 244 g/mol. The maximum Gasteiger partial charge on any atom is 0.379 e. The molecule has 4 heteroatoms. The number of phenols is 1. The van der Waals surface area contributed by atoms with Crippen molar-refractivity contribution >= 4 is 11.8 Å². The summed E-state index contributed by atoms with van der Waals surface area (Å²) in [5.41, 5.74) is 0.958. The molecule has 0 amide bonds. The average Bonchev–Trinajstić information content (AvgIpc) is 2.29. The normalized spacial score (nSPS) is 11.2. The van der Waals surface area contributed by atoms with E-state index >= 15 is 0 Å². The number of carbonyl (C=O) groups is 2. The van der Waals surface area contributed by atoms with E-state index in [1.54, 1.807) is 19.1 Å². The number of Topliss-reactive ketones (excluding diaryl/α,β-unsaturated/α-hetero) is 1. The van der Waals surface area contributed by atoms with E-state index in [0.29, 0.717) is 0 Å². The minimum atomic E-state index is -0.939. The van der Waals surface area contributed by atoms with E-state index in [9.17, 15) is 14.7 Å². The summed E-state index contributed by atoms with van der Waals surface area (Å²) in [6.07, 6.45) is 0.746. The van der Waals surface area contributed by atoms with Crippen LogP contribution >= 0.6 is 0 Å². The number of carbonyl (C=O) groups excluding carboxylic acids is 2. The third-order valence-electron chi connectivity index (χ3n) is 2.50. The van der Waals surface area contributed by atoms with Crippen LogP contribution in [0.2, 0.25) is 0 Å². The molecule has 0 atom stereocenters. The molecule has 1 aromatic rings. The lowest BCUT2D eigenvalue weighted by Gasteiger charge is -2.18. The number of esters is 1. The van der Waals surface area contributed by atoms with Crippen LogP contribution in [0.1, 0.15) is 43.6 Å². The van der Waals surface area contributed by atoms with Crippen molar-refractivity contribution in [1.82, 2.24) is 0 Å². The number of phenolic OH excluding ortho intramolecular Hbond substituents is 1. The lowest BCUT2D eigenvalue weighted by molar-refractivity contribution is -0.137. The smallest absolute Gasteiger partial charge is 0.379 e. The highest BCUT2D eigenvalue weighted by atomic mass is 16.5. The Bertz CT molecular complexity index is 483. The molecule has 0 aliphatic carbocycles. The van der Waals surface area contributed by atoms with E-state index in [1.165, 1.54) is 6.07 Å². The van der Waals surface area contributed by atoms with Crippen LogP contribution in [0.15, 0.2) is 18.2 Å². The molecule has 0 aliphatic heterocycles. The van der Waals surface area contributed by atoms with E-state index in [1.807, 2.05) is 0 Å². The molecule has 0 radical (unpaired) electrons. The third kappa shape index (κ3) is 4.39. The van der Waals surface area contributed by atoms with Gasteiger partial charge in [-0.25, -0.2) is 4.79 Å². The molecular formula is C15H20O4. The number of aromatic hydroxyl groups is 1. The molecule has 0 saturated heterocycles. The summed E-state index contributed by atoms with van der Waals surface area (Å²) in [7, 11) is 0. The summed E-state index contributed by atoms with van der Waals surface area (Å²) in [5, 5.41) is 9.69. The fraction of sp³-hybridized carbons (Fsp3) is 0.467. The maximum absolute atomic E-state index is 11.8. The summed E-state index contributed by atoms with van der Waals surface area (Å²) < 4.78 is 4.65. The Hall–Kier alpha value is -1.84. The molecule has 4 nitrogen and oxygen atoms in total. The molecule has 0 unspecified atom stereocenters. The number of benzene rings is 1. The zero-order chi connectivity index (χ0) is 14.6. The highest BCUT2D eigenvalue weighted by molar-refractivity contribution is 6.41. The monoisotopic (exact) mass is 264 g/mol. The summed E-state index contributed by atoms with van der Waals surface area (Å²) in [5.74, 6) is -1.95. The molecule has 0 spiro atoms. The molecule has 1 aromatic carbocycles. The van der Waals surface area contributed by atoms with E-state index in [2.05, 4.69) is 25.5 Å². The maximum atomic E-state index is 11.8.